The van der Waals surface area contributed by atoms with Gasteiger partial charge in [-0.25, -0.2) is 4.99 Å². The predicted molar refractivity (Wildman–Crippen MR) is 224 cm³/mol. The summed E-state index contributed by atoms with van der Waals surface area (Å²) in [5.74, 6) is 0.656. The van der Waals surface area contributed by atoms with Gasteiger partial charge in [-0.3, -0.25) is 4.99 Å². The van der Waals surface area contributed by atoms with E-state index in [1.807, 2.05) is 121 Å². The molecular formula is C47H37N2OPS. The van der Waals surface area contributed by atoms with Crippen molar-refractivity contribution >= 4 is 66.1 Å². The molecular weight excluding hydrogens is 672 g/mol. The molecule has 8 rings (SSSR count). The lowest BCUT2D eigenvalue weighted by atomic mass is 9.95. The van der Waals surface area contributed by atoms with Crippen LogP contribution in [-0.4, -0.2) is 11.5 Å². The van der Waals surface area contributed by atoms with Gasteiger partial charge >= 0.3 is 0 Å². The monoisotopic (exact) mass is 708 g/mol. The van der Waals surface area contributed by atoms with Crippen molar-refractivity contribution in [1.82, 2.24) is 0 Å². The Morgan fingerprint density at radius 1 is 0.577 bits per heavy atom. The molecule has 1 unspecified atom stereocenters. The summed E-state index contributed by atoms with van der Waals surface area (Å²) in [6.07, 6.45) is 0. The van der Waals surface area contributed by atoms with E-state index in [9.17, 15) is 0 Å². The van der Waals surface area contributed by atoms with E-state index in [1.54, 1.807) is 0 Å². The Hall–Kier alpha value is -5.67. The predicted octanol–water partition coefficient (Wildman–Crippen LogP) is 11.4. The van der Waals surface area contributed by atoms with Crippen molar-refractivity contribution in [2.75, 3.05) is 0 Å². The third-order valence-electron chi connectivity index (χ3n) is 9.56. The summed E-state index contributed by atoms with van der Waals surface area (Å²) in [6, 6.07) is 61.5. The van der Waals surface area contributed by atoms with Gasteiger partial charge < -0.3 is 4.57 Å². The molecule has 7 aromatic carbocycles. The maximum Gasteiger partial charge on any atom is 0.171 e. The zero-order valence-electron chi connectivity index (χ0n) is 29.1. The van der Waals surface area contributed by atoms with Crippen LogP contribution in [0.1, 0.15) is 36.6 Å². The molecule has 252 valence electrons. The number of hydrogen-bond acceptors (Lipinski definition) is 3. The van der Waals surface area contributed by atoms with Crippen LogP contribution in [0, 0.1) is 0 Å². The Morgan fingerprint density at radius 3 is 1.81 bits per heavy atom. The van der Waals surface area contributed by atoms with Gasteiger partial charge in [-0.05, 0) is 60.4 Å². The normalized spacial score (nSPS) is 13.0. The molecule has 52 heavy (non-hydrogen) atoms. The largest absolute Gasteiger partial charge is 0.309 e. The molecule has 0 aliphatic heterocycles. The Labute approximate surface area is 309 Å². The van der Waals surface area contributed by atoms with Crippen LogP contribution >= 0.6 is 18.5 Å². The second-order valence-electron chi connectivity index (χ2n) is 12.9. The van der Waals surface area contributed by atoms with Crippen LogP contribution in [0.15, 0.2) is 192 Å². The second kappa shape index (κ2) is 14.5. The highest BCUT2D eigenvalue weighted by atomic mass is 32.1. The summed E-state index contributed by atoms with van der Waals surface area (Å²) in [7, 11) is -3.14. The third kappa shape index (κ3) is 6.48. The van der Waals surface area contributed by atoms with Crippen LogP contribution in [0.2, 0.25) is 0 Å². The van der Waals surface area contributed by atoms with Gasteiger partial charge in [0.2, 0.25) is 0 Å². The van der Waals surface area contributed by atoms with E-state index in [4.69, 9.17) is 9.98 Å². The number of amidine groups is 1. The zero-order chi connectivity index (χ0) is 35.5. The molecule has 0 N–H and O–H groups in total. The van der Waals surface area contributed by atoms with Crippen molar-refractivity contribution < 1.29 is 4.57 Å². The van der Waals surface area contributed by atoms with Gasteiger partial charge in [0, 0.05) is 47.4 Å². The average molecular weight is 709 g/mol. The van der Waals surface area contributed by atoms with Crippen molar-refractivity contribution in [3.8, 4) is 11.1 Å². The Bertz CT molecular complexity index is 2570. The lowest BCUT2D eigenvalue weighted by Crippen LogP contribution is -2.25. The van der Waals surface area contributed by atoms with E-state index in [0.29, 0.717) is 5.84 Å². The number of nitrogens with zero attached hydrogens (tertiary/aromatic N) is 2. The second-order valence-corrected chi connectivity index (χ2v) is 16.8. The van der Waals surface area contributed by atoms with E-state index >= 15 is 4.57 Å². The van der Waals surface area contributed by atoms with Crippen LogP contribution in [-0.2, 0) is 4.57 Å². The summed E-state index contributed by atoms with van der Waals surface area (Å²) < 4.78 is 17.7. The molecule has 0 amide bonds. The van der Waals surface area contributed by atoms with Crippen LogP contribution in [0.25, 0.3) is 31.3 Å². The molecule has 1 atom stereocenters. The van der Waals surface area contributed by atoms with Crippen molar-refractivity contribution in [3.63, 3.8) is 0 Å². The van der Waals surface area contributed by atoms with Crippen LogP contribution in [0.3, 0.4) is 0 Å². The number of rotatable bonds is 8. The SMILES string of the molecule is CC(=NC(=NC(C)c1cc(-c2ccccc2)c2c(c1)sc1ccccc12)c1ccccc1)c1cccc(P(=O)(c2ccccc2)c2ccccc2)c1. The summed E-state index contributed by atoms with van der Waals surface area (Å²) in [5.41, 5.74) is 6.18. The van der Waals surface area contributed by atoms with E-state index in [-0.39, 0.29) is 6.04 Å². The Balaban J connectivity index is 1.23. The number of hydrogen-bond donors (Lipinski definition) is 0. The first-order chi connectivity index (χ1) is 25.5. The molecule has 0 bridgehead atoms. The van der Waals surface area contributed by atoms with Crippen LogP contribution < -0.4 is 15.9 Å². The first-order valence-electron chi connectivity index (χ1n) is 17.5. The topological polar surface area (TPSA) is 41.8 Å². The van der Waals surface area contributed by atoms with Crippen LogP contribution in [0.4, 0.5) is 0 Å². The maximum atomic E-state index is 15.2. The third-order valence-corrected chi connectivity index (χ3v) is 13.7. The number of benzene rings is 7. The molecule has 0 aliphatic rings. The minimum Gasteiger partial charge on any atom is -0.309 e. The highest BCUT2D eigenvalue weighted by Crippen LogP contribution is 2.43. The molecule has 0 saturated carbocycles. The first-order valence-corrected chi connectivity index (χ1v) is 20.0. The van der Waals surface area contributed by atoms with Crippen molar-refractivity contribution in [2.24, 2.45) is 9.98 Å². The first kappa shape index (κ1) is 33.5. The lowest BCUT2D eigenvalue weighted by molar-refractivity contribution is 0.592. The van der Waals surface area contributed by atoms with E-state index in [0.717, 1.165) is 38.3 Å². The van der Waals surface area contributed by atoms with E-state index in [1.165, 1.54) is 31.3 Å². The summed E-state index contributed by atoms with van der Waals surface area (Å²) >= 11 is 1.83. The summed E-state index contributed by atoms with van der Waals surface area (Å²) in [6.45, 7) is 4.16. The molecule has 0 spiro atoms. The van der Waals surface area contributed by atoms with Gasteiger partial charge in [-0.1, -0.05) is 158 Å². The maximum absolute atomic E-state index is 15.2. The molecule has 0 saturated heterocycles. The van der Waals surface area contributed by atoms with Gasteiger partial charge in [0.15, 0.2) is 13.0 Å². The summed E-state index contributed by atoms with van der Waals surface area (Å²) in [4.78, 5) is 10.5. The Morgan fingerprint density at radius 2 is 1.13 bits per heavy atom. The molecule has 8 aromatic rings. The average Bonchev–Trinajstić information content (AvgIpc) is 3.60. The standard InChI is InChI=1S/C47H37N2OPS/c1-33(37-22-17-27-41(30-37)51(50,39-23-11-5-12-24-39)40-25-13-6-14-26-40)48-47(36-20-9-4-10-21-36)49-34(2)38-31-43(35-18-7-3-8-19-35)46-42-28-15-16-29-44(42)52-45(46)32-38/h3-32,34H,1-2H3. The minimum atomic E-state index is -3.14. The minimum absolute atomic E-state index is 0.174. The molecule has 0 radical (unpaired) electrons. The van der Waals surface area contributed by atoms with Gasteiger partial charge in [0.1, 0.15) is 0 Å². The molecule has 0 fully saturated rings. The highest BCUT2D eigenvalue weighted by molar-refractivity contribution is 7.85. The lowest BCUT2D eigenvalue weighted by Gasteiger charge is -2.20. The van der Waals surface area contributed by atoms with Gasteiger partial charge in [0.25, 0.3) is 0 Å². The van der Waals surface area contributed by atoms with Crippen molar-refractivity contribution in [1.29, 1.82) is 0 Å². The zero-order valence-corrected chi connectivity index (χ0v) is 30.8. The number of thiophene rings is 1. The molecule has 3 nitrogen and oxygen atoms in total. The smallest absolute Gasteiger partial charge is 0.171 e. The van der Waals surface area contributed by atoms with E-state index in [2.05, 4.69) is 85.8 Å². The molecule has 0 aliphatic carbocycles. The van der Waals surface area contributed by atoms with E-state index < -0.39 is 7.14 Å². The molecule has 5 heteroatoms. The number of aliphatic imine (C=N–C) groups is 2. The van der Waals surface area contributed by atoms with Crippen molar-refractivity contribution in [2.45, 2.75) is 19.9 Å². The number of fused-ring (bicyclic) bond motifs is 3. The van der Waals surface area contributed by atoms with Crippen LogP contribution in [0.5, 0.6) is 0 Å². The Kier molecular flexibility index (Phi) is 9.35. The molecule has 1 heterocycles. The van der Waals surface area contributed by atoms with Gasteiger partial charge in [-0.15, -0.1) is 11.3 Å². The fraction of sp³-hybridized carbons (Fsp3) is 0.0638. The quantitative estimate of drug-likeness (QED) is 0.0880. The van der Waals surface area contributed by atoms with Crippen molar-refractivity contribution in [3.05, 3.63) is 199 Å². The highest BCUT2D eigenvalue weighted by Gasteiger charge is 2.30. The fourth-order valence-electron chi connectivity index (χ4n) is 6.85. The van der Waals surface area contributed by atoms with Gasteiger partial charge in [-0.2, -0.15) is 0 Å². The molecule has 1 aromatic heterocycles. The fourth-order valence-corrected chi connectivity index (χ4v) is 10.7. The van der Waals surface area contributed by atoms with Gasteiger partial charge in [0.05, 0.1) is 6.04 Å². The summed E-state index contributed by atoms with van der Waals surface area (Å²) in [5, 5.41) is 4.94.